The van der Waals surface area contributed by atoms with E-state index >= 15 is 0 Å². The van der Waals surface area contributed by atoms with E-state index in [9.17, 15) is 5.11 Å². The number of aliphatic hydroxyl groups is 1. The Bertz CT molecular complexity index is 304. The molecule has 2 rings (SSSR count). The minimum atomic E-state index is -0.172. The second kappa shape index (κ2) is 5.43. The van der Waals surface area contributed by atoms with Gasteiger partial charge in [-0.2, -0.15) is 0 Å². The molecule has 0 aliphatic carbocycles. The molecule has 1 saturated heterocycles. The van der Waals surface area contributed by atoms with Crippen molar-refractivity contribution in [3.05, 3.63) is 35.9 Å². The van der Waals surface area contributed by atoms with Gasteiger partial charge in [0.05, 0.1) is 26.4 Å². The van der Waals surface area contributed by atoms with Crippen LogP contribution in [-0.2, 0) is 16.1 Å². The first-order valence-corrected chi connectivity index (χ1v) is 5.65. The van der Waals surface area contributed by atoms with Crippen molar-refractivity contribution >= 4 is 0 Å². The van der Waals surface area contributed by atoms with Crippen LogP contribution in [-0.4, -0.2) is 31.5 Å². The first-order valence-electron chi connectivity index (χ1n) is 5.65. The van der Waals surface area contributed by atoms with Crippen LogP contribution in [0.5, 0.6) is 0 Å². The van der Waals surface area contributed by atoms with Crippen LogP contribution >= 0.6 is 0 Å². The molecule has 1 fully saturated rings. The molecular weight excluding hydrogens is 204 g/mol. The van der Waals surface area contributed by atoms with Gasteiger partial charge in [-0.3, -0.25) is 0 Å². The predicted octanol–water partition coefficient (Wildman–Crippen LogP) is 1.60. The van der Waals surface area contributed by atoms with E-state index in [4.69, 9.17) is 9.47 Å². The van der Waals surface area contributed by atoms with Crippen LogP contribution in [0, 0.1) is 5.41 Å². The molecule has 0 bridgehead atoms. The van der Waals surface area contributed by atoms with Gasteiger partial charge >= 0.3 is 0 Å². The SMILES string of the molecule is OCC1(COCc2ccccc2)CCOC1. The molecule has 16 heavy (non-hydrogen) atoms. The van der Waals surface area contributed by atoms with Crippen molar-refractivity contribution in [1.82, 2.24) is 0 Å². The third kappa shape index (κ3) is 2.82. The summed E-state index contributed by atoms with van der Waals surface area (Å²) in [4.78, 5) is 0. The summed E-state index contributed by atoms with van der Waals surface area (Å²) in [6.07, 6.45) is 0.887. The van der Waals surface area contributed by atoms with Crippen LogP contribution in [0.25, 0.3) is 0 Å². The van der Waals surface area contributed by atoms with Gasteiger partial charge in [-0.15, -0.1) is 0 Å². The standard InChI is InChI=1S/C13H18O3/c14-9-13(6-7-15-10-13)11-16-8-12-4-2-1-3-5-12/h1-5,14H,6-11H2. The zero-order valence-corrected chi connectivity index (χ0v) is 9.39. The van der Waals surface area contributed by atoms with E-state index in [1.54, 1.807) is 0 Å². The van der Waals surface area contributed by atoms with Crippen LogP contribution < -0.4 is 0 Å². The Morgan fingerprint density at radius 3 is 2.75 bits per heavy atom. The molecule has 0 amide bonds. The molecule has 1 N–H and O–H groups in total. The van der Waals surface area contributed by atoms with Gasteiger partial charge in [-0.1, -0.05) is 30.3 Å². The smallest absolute Gasteiger partial charge is 0.0717 e. The zero-order valence-electron chi connectivity index (χ0n) is 9.39. The largest absolute Gasteiger partial charge is 0.396 e. The van der Waals surface area contributed by atoms with E-state index in [0.29, 0.717) is 19.8 Å². The first kappa shape index (κ1) is 11.6. The number of hydrogen-bond acceptors (Lipinski definition) is 3. The summed E-state index contributed by atoms with van der Waals surface area (Å²) in [7, 11) is 0. The van der Waals surface area contributed by atoms with E-state index < -0.39 is 0 Å². The summed E-state index contributed by atoms with van der Waals surface area (Å²) >= 11 is 0. The van der Waals surface area contributed by atoms with Crippen molar-refractivity contribution in [1.29, 1.82) is 0 Å². The molecule has 0 saturated carbocycles. The average molecular weight is 222 g/mol. The maximum absolute atomic E-state index is 9.35. The maximum atomic E-state index is 9.35. The van der Waals surface area contributed by atoms with Crippen molar-refractivity contribution in [3.8, 4) is 0 Å². The number of aliphatic hydroxyl groups excluding tert-OH is 1. The highest BCUT2D eigenvalue weighted by Gasteiger charge is 2.34. The van der Waals surface area contributed by atoms with E-state index in [1.165, 1.54) is 0 Å². The van der Waals surface area contributed by atoms with Crippen molar-refractivity contribution in [2.45, 2.75) is 13.0 Å². The van der Waals surface area contributed by atoms with Gasteiger partial charge in [0.2, 0.25) is 0 Å². The van der Waals surface area contributed by atoms with Crippen LogP contribution in [0.3, 0.4) is 0 Å². The number of benzene rings is 1. The first-order chi connectivity index (χ1) is 7.85. The summed E-state index contributed by atoms with van der Waals surface area (Å²) in [6, 6.07) is 10.1. The van der Waals surface area contributed by atoms with Gasteiger partial charge in [0.25, 0.3) is 0 Å². The van der Waals surface area contributed by atoms with Gasteiger partial charge in [0.1, 0.15) is 0 Å². The molecular formula is C13H18O3. The maximum Gasteiger partial charge on any atom is 0.0717 e. The molecule has 0 radical (unpaired) electrons. The molecule has 0 aromatic heterocycles. The predicted molar refractivity (Wildman–Crippen MR) is 61.1 cm³/mol. The Morgan fingerprint density at radius 1 is 1.31 bits per heavy atom. The van der Waals surface area contributed by atoms with Gasteiger partial charge < -0.3 is 14.6 Å². The molecule has 1 aromatic rings. The molecule has 88 valence electrons. The Kier molecular flexibility index (Phi) is 3.93. The highest BCUT2D eigenvalue weighted by molar-refractivity contribution is 5.13. The van der Waals surface area contributed by atoms with Gasteiger partial charge in [-0.25, -0.2) is 0 Å². The molecule has 0 spiro atoms. The monoisotopic (exact) mass is 222 g/mol. The van der Waals surface area contributed by atoms with E-state index in [1.807, 2.05) is 30.3 Å². The fourth-order valence-electron chi connectivity index (χ4n) is 1.89. The minimum Gasteiger partial charge on any atom is -0.396 e. The highest BCUT2D eigenvalue weighted by atomic mass is 16.5. The molecule has 3 heteroatoms. The third-order valence-electron chi connectivity index (χ3n) is 3.04. The number of hydrogen-bond donors (Lipinski definition) is 1. The summed E-state index contributed by atoms with van der Waals surface area (Å²) in [5.41, 5.74) is 0.990. The lowest BCUT2D eigenvalue weighted by Gasteiger charge is -2.24. The van der Waals surface area contributed by atoms with Gasteiger partial charge in [0, 0.05) is 12.0 Å². The van der Waals surface area contributed by atoms with E-state index in [2.05, 4.69) is 0 Å². The third-order valence-corrected chi connectivity index (χ3v) is 3.04. The lowest BCUT2D eigenvalue weighted by Crippen LogP contribution is -2.31. The van der Waals surface area contributed by atoms with Crippen LogP contribution in [0.15, 0.2) is 30.3 Å². The Hall–Kier alpha value is -0.900. The Balaban J connectivity index is 1.79. The molecule has 1 atom stereocenters. The molecule has 1 aliphatic heterocycles. The lowest BCUT2D eigenvalue weighted by atomic mass is 9.90. The summed E-state index contributed by atoms with van der Waals surface area (Å²) in [5.74, 6) is 0. The van der Waals surface area contributed by atoms with E-state index in [-0.39, 0.29) is 12.0 Å². The van der Waals surface area contributed by atoms with Crippen LogP contribution in [0.1, 0.15) is 12.0 Å². The lowest BCUT2D eigenvalue weighted by molar-refractivity contribution is -0.00655. The zero-order chi connectivity index (χ0) is 11.3. The number of rotatable bonds is 5. The van der Waals surface area contributed by atoms with Gasteiger partial charge in [0.15, 0.2) is 0 Å². The summed E-state index contributed by atoms with van der Waals surface area (Å²) in [5, 5.41) is 9.35. The highest BCUT2D eigenvalue weighted by Crippen LogP contribution is 2.28. The topological polar surface area (TPSA) is 38.7 Å². The minimum absolute atomic E-state index is 0.141. The second-order valence-corrected chi connectivity index (χ2v) is 4.44. The Labute approximate surface area is 96.0 Å². The van der Waals surface area contributed by atoms with Crippen LogP contribution in [0.4, 0.5) is 0 Å². The van der Waals surface area contributed by atoms with Crippen molar-refractivity contribution in [3.63, 3.8) is 0 Å². The normalized spacial score (nSPS) is 24.8. The number of ether oxygens (including phenoxy) is 2. The van der Waals surface area contributed by atoms with Crippen molar-refractivity contribution in [2.24, 2.45) is 5.41 Å². The molecule has 1 aliphatic rings. The summed E-state index contributed by atoms with van der Waals surface area (Å²) < 4.78 is 11.0. The van der Waals surface area contributed by atoms with Crippen molar-refractivity contribution < 1.29 is 14.6 Å². The van der Waals surface area contributed by atoms with Gasteiger partial charge in [-0.05, 0) is 12.0 Å². The molecule has 1 heterocycles. The van der Waals surface area contributed by atoms with Crippen molar-refractivity contribution in [2.75, 3.05) is 26.4 Å². The molecule has 1 unspecified atom stereocenters. The quantitative estimate of drug-likeness (QED) is 0.822. The second-order valence-electron chi connectivity index (χ2n) is 4.44. The Morgan fingerprint density at radius 2 is 2.12 bits per heavy atom. The average Bonchev–Trinajstić information content (AvgIpc) is 2.80. The summed E-state index contributed by atoms with van der Waals surface area (Å²) in [6.45, 7) is 2.65. The van der Waals surface area contributed by atoms with Crippen LogP contribution in [0.2, 0.25) is 0 Å². The molecule has 3 nitrogen and oxygen atoms in total. The fourth-order valence-corrected chi connectivity index (χ4v) is 1.89. The van der Waals surface area contributed by atoms with E-state index in [0.717, 1.165) is 18.6 Å². The fraction of sp³-hybridized carbons (Fsp3) is 0.538. The molecule has 1 aromatic carbocycles.